The van der Waals surface area contributed by atoms with Crippen LogP contribution in [-0.4, -0.2) is 21.1 Å². The number of rotatable bonds is 5. The molecule has 4 N–H and O–H groups in total. The van der Waals surface area contributed by atoms with Gasteiger partial charge in [0.05, 0.1) is 0 Å². The zero-order valence-corrected chi connectivity index (χ0v) is 21.6. The molecular formula is C29H38N4O3. The Morgan fingerprint density at radius 2 is 1.53 bits per heavy atom. The molecule has 4 aromatic rings. The fourth-order valence-electron chi connectivity index (χ4n) is 4.53. The molecule has 0 aliphatic carbocycles. The Labute approximate surface area is 214 Å². The second kappa shape index (κ2) is 10.7. The summed E-state index contributed by atoms with van der Waals surface area (Å²) < 4.78 is 1.48. The zero-order valence-electron chi connectivity index (χ0n) is 21.6. The van der Waals surface area contributed by atoms with E-state index in [1.165, 1.54) is 4.57 Å². The largest absolute Gasteiger partial charge is 0.412 e. The Bertz CT molecular complexity index is 1460. The Morgan fingerprint density at radius 3 is 2.14 bits per heavy atom. The van der Waals surface area contributed by atoms with Crippen molar-refractivity contribution in [3.8, 4) is 11.1 Å². The van der Waals surface area contributed by atoms with Gasteiger partial charge in [0.1, 0.15) is 11.3 Å². The smallest absolute Gasteiger partial charge is 0.323 e. The molecule has 2 heterocycles. The first-order valence-electron chi connectivity index (χ1n) is 11.9. The molecule has 2 aromatic heterocycles. The highest BCUT2D eigenvalue weighted by Gasteiger charge is 2.21. The standard InChI is InChI=1S/C29H32N4O2.H2O.2H2/c1-17(2)21-12-8-13-22(18(3)4)25(21)31-29(35)32-26-24(20-11-7-10-19(5)16-20)23-14-9-15-30-27(23)33(6)28(26)34;;;/h7-18H,1-6H3,(H2,31,32,35);1H2;2*1H. The van der Waals surface area contributed by atoms with Crippen molar-refractivity contribution in [1.82, 2.24) is 9.55 Å². The highest BCUT2D eigenvalue weighted by molar-refractivity contribution is 6.07. The monoisotopic (exact) mass is 490 g/mol. The number of amides is 2. The first-order chi connectivity index (χ1) is 16.7. The summed E-state index contributed by atoms with van der Waals surface area (Å²) in [7, 11) is 1.67. The van der Waals surface area contributed by atoms with E-state index in [-0.39, 0.29) is 31.4 Å². The molecule has 36 heavy (non-hydrogen) atoms. The van der Waals surface area contributed by atoms with Crippen LogP contribution in [0.25, 0.3) is 22.2 Å². The van der Waals surface area contributed by atoms with E-state index < -0.39 is 6.03 Å². The lowest BCUT2D eigenvalue weighted by molar-refractivity contribution is 0.262. The van der Waals surface area contributed by atoms with Crippen LogP contribution in [0.2, 0.25) is 0 Å². The fraction of sp³-hybridized carbons (Fsp3) is 0.276. The van der Waals surface area contributed by atoms with Gasteiger partial charge in [-0.05, 0) is 47.6 Å². The third kappa shape index (κ3) is 5.02. The van der Waals surface area contributed by atoms with Gasteiger partial charge in [-0.15, -0.1) is 0 Å². The number of urea groups is 1. The topological polar surface area (TPSA) is 108 Å². The summed E-state index contributed by atoms with van der Waals surface area (Å²) in [6, 6.07) is 17.3. The number of fused-ring (bicyclic) bond motifs is 1. The Balaban J connectivity index is 0.00000241. The highest BCUT2D eigenvalue weighted by Crippen LogP contribution is 2.35. The Morgan fingerprint density at radius 1 is 0.917 bits per heavy atom. The van der Waals surface area contributed by atoms with Gasteiger partial charge in [0.25, 0.3) is 5.56 Å². The second-order valence-corrected chi connectivity index (χ2v) is 9.56. The first-order valence-corrected chi connectivity index (χ1v) is 11.9. The molecule has 0 aliphatic heterocycles. The quantitative estimate of drug-likeness (QED) is 0.335. The van der Waals surface area contributed by atoms with Crippen molar-refractivity contribution < 1.29 is 13.1 Å². The molecule has 7 heteroatoms. The lowest BCUT2D eigenvalue weighted by Gasteiger charge is -2.21. The van der Waals surface area contributed by atoms with Crippen molar-refractivity contribution in [2.45, 2.75) is 46.5 Å². The average Bonchev–Trinajstić information content (AvgIpc) is 2.82. The number of nitrogens with one attached hydrogen (secondary N) is 2. The van der Waals surface area contributed by atoms with Gasteiger partial charge in [0, 0.05) is 32.7 Å². The van der Waals surface area contributed by atoms with Crippen LogP contribution in [0.5, 0.6) is 0 Å². The summed E-state index contributed by atoms with van der Waals surface area (Å²) in [5, 5.41) is 6.75. The van der Waals surface area contributed by atoms with Gasteiger partial charge in [-0.2, -0.15) is 0 Å². The summed E-state index contributed by atoms with van der Waals surface area (Å²) in [5.74, 6) is 0.456. The van der Waals surface area contributed by atoms with Crippen LogP contribution in [0, 0.1) is 6.92 Å². The lowest BCUT2D eigenvalue weighted by atomic mass is 9.93. The van der Waals surface area contributed by atoms with Crippen molar-refractivity contribution >= 4 is 28.4 Å². The van der Waals surface area contributed by atoms with Gasteiger partial charge < -0.3 is 16.1 Å². The number of carbonyl (C=O) groups excluding carboxylic acids is 1. The minimum Gasteiger partial charge on any atom is -0.412 e. The van der Waals surface area contributed by atoms with Gasteiger partial charge in [-0.1, -0.05) is 75.7 Å². The van der Waals surface area contributed by atoms with E-state index in [9.17, 15) is 9.59 Å². The van der Waals surface area contributed by atoms with Gasteiger partial charge >= 0.3 is 6.03 Å². The van der Waals surface area contributed by atoms with Gasteiger partial charge in [0.15, 0.2) is 0 Å². The Hall–Kier alpha value is -3.97. The van der Waals surface area contributed by atoms with E-state index in [1.807, 2.05) is 61.5 Å². The Kier molecular flexibility index (Phi) is 7.95. The summed E-state index contributed by atoms with van der Waals surface area (Å²) in [6.45, 7) is 10.4. The molecule has 2 amide bonds. The third-order valence-electron chi connectivity index (χ3n) is 6.30. The summed E-state index contributed by atoms with van der Waals surface area (Å²) in [4.78, 5) is 31.3. The zero-order chi connectivity index (χ0) is 25.3. The van der Waals surface area contributed by atoms with Crippen molar-refractivity contribution in [1.29, 1.82) is 0 Å². The normalized spacial score (nSPS) is 11.0. The third-order valence-corrected chi connectivity index (χ3v) is 6.30. The van der Waals surface area contributed by atoms with Crippen LogP contribution >= 0.6 is 0 Å². The molecule has 192 valence electrons. The number of pyridine rings is 2. The maximum Gasteiger partial charge on any atom is 0.323 e. The molecule has 2 aromatic carbocycles. The second-order valence-electron chi connectivity index (χ2n) is 9.56. The number of aromatic nitrogens is 2. The number of benzene rings is 2. The predicted octanol–water partition coefficient (Wildman–Crippen LogP) is 6.47. The van der Waals surface area contributed by atoms with Crippen molar-refractivity contribution in [3.05, 3.63) is 87.8 Å². The molecule has 0 radical (unpaired) electrons. The molecule has 7 nitrogen and oxygen atoms in total. The van der Waals surface area contributed by atoms with Crippen LogP contribution in [0.1, 0.15) is 59.1 Å². The molecule has 0 unspecified atom stereocenters. The number of carbonyl (C=O) groups is 1. The number of nitrogens with zero attached hydrogens (tertiary/aromatic N) is 2. The number of hydrogen-bond donors (Lipinski definition) is 2. The molecule has 4 rings (SSSR count). The van der Waals surface area contributed by atoms with E-state index in [1.54, 1.807) is 13.2 Å². The van der Waals surface area contributed by atoms with Crippen LogP contribution < -0.4 is 16.2 Å². The van der Waals surface area contributed by atoms with E-state index in [4.69, 9.17) is 0 Å². The van der Waals surface area contributed by atoms with Crippen LogP contribution in [0.4, 0.5) is 16.2 Å². The lowest BCUT2D eigenvalue weighted by Crippen LogP contribution is -2.29. The molecule has 0 atom stereocenters. The van der Waals surface area contributed by atoms with E-state index >= 15 is 0 Å². The number of hydrogen-bond acceptors (Lipinski definition) is 3. The molecule has 0 bridgehead atoms. The number of para-hydroxylation sites is 1. The number of aryl methyl sites for hydroxylation is 2. The van der Waals surface area contributed by atoms with E-state index in [0.717, 1.165) is 33.3 Å². The average molecular weight is 491 g/mol. The minimum absolute atomic E-state index is 0. The van der Waals surface area contributed by atoms with Crippen molar-refractivity contribution in [2.75, 3.05) is 10.6 Å². The van der Waals surface area contributed by atoms with E-state index in [2.05, 4.69) is 43.3 Å². The van der Waals surface area contributed by atoms with Gasteiger partial charge in [-0.3, -0.25) is 9.36 Å². The summed E-state index contributed by atoms with van der Waals surface area (Å²) in [6.07, 6.45) is 1.66. The van der Waals surface area contributed by atoms with Gasteiger partial charge in [-0.25, -0.2) is 9.78 Å². The summed E-state index contributed by atoms with van der Waals surface area (Å²) in [5.41, 5.74) is 5.95. The highest BCUT2D eigenvalue weighted by atomic mass is 16.2. The van der Waals surface area contributed by atoms with Crippen LogP contribution in [-0.2, 0) is 7.05 Å². The molecular weight excluding hydrogens is 452 g/mol. The predicted molar refractivity (Wildman–Crippen MR) is 152 cm³/mol. The molecule has 0 spiro atoms. The van der Waals surface area contributed by atoms with Crippen LogP contribution in [0.3, 0.4) is 0 Å². The molecule has 0 aliphatic rings. The first kappa shape index (κ1) is 26.6. The maximum atomic E-state index is 13.5. The number of anilines is 2. The fourth-order valence-corrected chi connectivity index (χ4v) is 4.53. The minimum atomic E-state index is -0.450. The summed E-state index contributed by atoms with van der Waals surface area (Å²) >= 11 is 0. The van der Waals surface area contributed by atoms with Gasteiger partial charge in [0.2, 0.25) is 0 Å². The van der Waals surface area contributed by atoms with E-state index in [0.29, 0.717) is 11.2 Å². The van der Waals surface area contributed by atoms with Crippen LogP contribution in [0.15, 0.2) is 65.6 Å². The molecule has 0 fully saturated rings. The van der Waals surface area contributed by atoms with Crippen molar-refractivity contribution in [2.24, 2.45) is 7.05 Å². The van der Waals surface area contributed by atoms with Crippen molar-refractivity contribution in [3.63, 3.8) is 0 Å². The molecule has 0 saturated carbocycles. The maximum absolute atomic E-state index is 13.5. The SMILES string of the molecule is Cc1cccc(-c2c(NC(=O)Nc3c(C(C)C)cccc3C(C)C)c(=O)n(C)c3ncccc23)c1.O.[HH].[HH]. The molecule has 0 saturated heterocycles.